The van der Waals surface area contributed by atoms with E-state index in [4.69, 9.17) is 0 Å². The van der Waals surface area contributed by atoms with Crippen LogP contribution in [0, 0.1) is 0 Å². The van der Waals surface area contributed by atoms with Crippen molar-refractivity contribution in [2.45, 2.75) is 25.7 Å². The molecule has 16 heavy (non-hydrogen) atoms. The van der Waals surface area contributed by atoms with Crippen molar-refractivity contribution in [1.29, 1.82) is 0 Å². The number of likely N-dealkylation sites (N-methyl/N-ethyl adjacent to an activating group) is 1. The van der Waals surface area contributed by atoms with E-state index in [9.17, 15) is 4.79 Å². The molecule has 0 aliphatic carbocycles. The van der Waals surface area contributed by atoms with Crippen LogP contribution in [0.1, 0.15) is 41.9 Å². The zero-order valence-electron chi connectivity index (χ0n) is 10.0. The number of carbonyl (C=O) groups excluding carboxylic acids is 1. The van der Waals surface area contributed by atoms with Crippen molar-refractivity contribution in [1.82, 2.24) is 14.7 Å². The smallest absolute Gasteiger partial charge is 0.168 e. The first kappa shape index (κ1) is 11.3. The summed E-state index contributed by atoms with van der Waals surface area (Å²) in [6.07, 6.45) is 3.29. The zero-order valence-corrected chi connectivity index (χ0v) is 10.0. The highest BCUT2D eigenvalue weighted by molar-refractivity contribution is 5.72. The molecule has 2 heterocycles. The van der Waals surface area contributed by atoms with E-state index < -0.39 is 0 Å². The largest absolute Gasteiger partial charge is 0.303 e. The predicted octanol–water partition coefficient (Wildman–Crippen LogP) is 1.43. The van der Waals surface area contributed by atoms with Crippen molar-refractivity contribution in [2.75, 3.05) is 19.6 Å². The summed E-state index contributed by atoms with van der Waals surface area (Å²) in [4.78, 5) is 13.2. The third-order valence-corrected chi connectivity index (χ3v) is 3.43. The summed E-state index contributed by atoms with van der Waals surface area (Å²) in [5, 5.41) is 4.43. The third-order valence-electron chi connectivity index (χ3n) is 3.43. The monoisotopic (exact) mass is 221 g/mol. The molecule has 0 aromatic carbocycles. The minimum Gasteiger partial charge on any atom is -0.303 e. The molecule has 0 spiro atoms. The van der Waals surface area contributed by atoms with Crippen molar-refractivity contribution in [2.24, 2.45) is 7.05 Å². The SMILES string of the molecule is CCN1CCCC(c2cc(C=O)n(C)n2)C1. The Labute approximate surface area is 96.2 Å². The van der Waals surface area contributed by atoms with Gasteiger partial charge in [0.25, 0.3) is 0 Å². The van der Waals surface area contributed by atoms with Crippen LogP contribution in [0.4, 0.5) is 0 Å². The second-order valence-corrected chi connectivity index (χ2v) is 4.47. The summed E-state index contributed by atoms with van der Waals surface area (Å²) in [6, 6.07) is 1.93. The van der Waals surface area contributed by atoms with Crippen LogP contribution in [-0.4, -0.2) is 40.6 Å². The van der Waals surface area contributed by atoms with Gasteiger partial charge in [-0.25, -0.2) is 0 Å². The van der Waals surface area contributed by atoms with E-state index in [0.717, 1.165) is 25.1 Å². The normalized spacial score (nSPS) is 22.2. The lowest BCUT2D eigenvalue weighted by Gasteiger charge is -2.30. The second-order valence-electron chi connectivity index (χ2n) is 4.47. The van der Waals surface area contributed by atoms with Gasteiger partial charge in [-0.1, -0.05) is 6.92 Å². The van der Waals surface area contributed by atoms with Crippen molar-refractivity contribution in [3.8, 4) is 0 Å². The number of hydrogen-bond donors (Lipinski definition) is 0. The van der Waals surface area contributed by atoms with E-state index in [1.165, 1.54) is 19.4 Å². The number of aromatic nitrogens is 2. The van der Waals surface area contributed by atoms with Crippen molar-refractivity contribution < 1.29 is 4.79 Å². The lowest BCUT2D eigenvalue weighted by Crippen LogP contribution is -2.34. The van der Waals surface area contributed by atoms with Crippen LogP contribution in [-0.2, 0) is 7.05 Å². The molecule has 1 saturated heterocycles. The predicted molar refractivity (Wildman–Crippen MR) is 62.7 cm³/mol. The molecule has 0 radical (unpaired) electrons. The molecule has 1 aliphatic rings. The maximum absolute atomic E-state index is 10.8. The van der Waals surface area contributed by atoms with Crippen LogP contribution >= 0.6 is 0 Å². The number of nitrogens with zero attached hydrogens (tertiary/aromatic N) is 3. The second kappa shape index (κ2) is 4.78. The zero-order chi connectivity index (χ0) is 11.5. The van der Waals surface area contributed by atoms with Gasteiger partial charge < -0.3 is 4.90 Å². The molecule has 1 aliphatic heterocycles. The number of hydrogen-bond acceptors (Lipinski definition) is 3. The summed E-state index contributed by atoms with van der Waals surface area (Å²) in [5.74, 6) is 0.494. The highest BCUT2D eigenvalue weighted by atomic mass is 16.1. The molecule has 88 valence electrons. The number of likely N-dealkylation sites (tertiary alicyclic amines) is 1. The number of rotatable bonds is 3. The quantitative estimate of drug-likeness (QED) is 0.725. The maximum atomic E-state index is 10.8. The molecular weight excluding hydrogens is 202 g/mol. The molecule has 0 amide bonds. The minimum absolute atomic E-state index is 0.494. The number of carbonyl (C=O) groups is 1. The first-order valence-electron chi connectivity index (χ1n) is 5.96. The highest BCUT2D eigenvalue weighted by Crippen LogP contribution is 2.25. The standard InChI is InChI=1S/C12H19N3O/c1-3-15-6-4-5-10(8-15)12-7-11(9-16)14(2)13-12/h7,9-10H,3-6,8H2,1-2H3. The Morgan fingerprint density at radius 2 is 2.44 bits per heavy atom. The molecule has 0 saturated carbocycles. The molecule has 2 rings (SSSR count). The van der Waals surface area contributed by atoms with Crippen molar-refractivity contribution in [3.05, 3.63) is 17.5 Å². The molecular formula is C12H19N3O. The van der Waals surface area contributed by atoms with Crippen LogP contribution < -0.4 is 0 Å². The molecule has 1 unspecified atom stereocenters. The third kappa shape index (κ3) is 2.16. The van der Waals surface area contributed by atoms with Gasteiger partial charge in [-0.15, -0.1) is 0 Å². The van der Waals surface area contributed by atoms with Gasteiger partial charge >= 0.3 is 0 Å². The Balaban J connectivity index is 2.13. The fraction of sp³-hybridized carbons (Fsp3) is 0.667. The van der Waals surface area contributed by atoms with E-state index in [-0.39, 0.29) is 0 Å². The number of aryl methyl sites for hydroxylation is 1. The summed E-state index contributed by atoms with van der Waals surface area (Å²) in [7, 11) is 1.83. The van der Waals surface area contributed by atoms with E-state index >= 15 is 0 Å². The van der Waals surface area contributed by atoms with Gasteiger partial charge in [0, 0.05) is 19.5 Å². The average Bonchev–Trinajstić information content (AvgIpc) is 2.71. The Morgan fingerprint density at radius 1 is 1.62 bits per heavy atom. The Morgan fingerprint density at radius 3 is 3.06 bits per heavy atom. The van der Waals surface area contributed by atoms with Gasteiger partial charge in [-0.2, -0.15) is 5.10 Å². The molecule has 0 bridgehead atoms. The summed E-state index contributed by atoms with van der Waals surface area (Å²) < 4.78 is 1.67. The topological polar surface area (TPSA) is 38.1 Å². The first-order chi connectivity index (χ1) is 7.74. The van der Waals surface area contributed by atoms with E-state index in [1.54, 1.807) is 4.68 Å². The molecule has 1 atom stereocenters. The highest BCUT2D eigenvalue weighted by Gasteiger charge is 2.22. The lowest BCUT2D eigenvalue weighted by molar-refractivity contribution is 0.111. The summed E-state index contributed by atoms with van der Waals surface area (Å²) >= 11 is 0. The molecule has 1 aromatic rings. The molecule has 1 aromatic heterocycles. The van der Waals surface area contributed by atoms with E-state index in [2.05, 4.69) is 16.9 Å². The lowest BCUT2D eigenvalue weighted by atomic mass is 9.95. The number of aldehydes is 1. The Hall–Kier alpha value is -1.16. The molecule has 1 fully saturated rings. The van der Waals surface area contributed by atoms with Crippen LogP contribution in [0.25, 0.3) is 0 Å². The van der Waals surface area contributed by atoms with Gasteiger partial charge in [-0.3, -0.25) is 9.48 Å². The maximum Gasteiger partial charge on any atom is 0.168 e. The van der Waals surface area contributed by atoms with Gasteiger partial charge in [0.15, 0.2) is 6.29 Å². The number of piperidine rings is 1. The van der Waals surface area contributed by atoms with Crippen LogP contribution in [0.15, 0.2) is 6.07 Å². The van der Waals surface area contributed by atoms with Crippen LogP contribution in [0.2, 0.25) is 0 Å². The fourth-order valence-electron chi connectivity index (χ4n) is 2.40. The van der Waals surface area contributed by atoms with Gasteiger partial charge in [0.1, 0.15) is 5.69 Å². The average molecular weight is 221 g/mol. The molecule has 0 N–H and O–H groups in total. The summed E-state index contributed by atoms with van der Waals surface area (Å²) in [5.41, 5.74) is 1.74. The van der Waals surface area contributed by atoms with Gasteiger partial charge in [-0.05, 0) is 32.0 Å². The molecule has 4 nitrogen and oxygen atoms in total. The van der Waals surface area contributed by atoms with Gasteiger partial charge in [0.2, 0.25) is 0 Å². The van der Waals surface area contributed by atoms with E-state index in [1.807, 2.05) is 13.1 Å². The van der Waals surface area contributed by atoms with Crippen molar-refractivity contribution in [3.63, 3.8) is 0 Å². The first-order valence-corrected chi connectivity index (χ1v) is 5.96. The fourth-order valence-corrected chi connectivity index (χ4v) is 2.40. The Bertz CT molecular complexity index is 372. The Kier molecular flexibility index (Phi) is 3.39. The van der Waals surface area contributed by atoms with Crippen LogP contribution in [0.3, 0.4) is 0 Å². The van der Waals surface area contributed by atoms with E-state index in [0.29, 0.717) is 11.6 Å². The summed E-state index contributed by atoms with van der Waals surface area (Å²) in [6.45, 7) is 5.56. The minimum atomic E-state index is 0.494. The van der Waals surface area contributed by atoms with Gasteiger partial charge in [0.05, 0.1) is 5.69 Å². The van der Waals surface area contributed by atoms with Crippen molar-refractivity contribution >= 4 is 6.29 Å². The van der Waals surface area contributed by atoms with Crippen LogP contribution in [0.5, 0.6) is 0 Å². The molecule has 4 heteroatoms.